The molecule has 21 heavy (non-hydrogen) atoms. The standard InChI is InChI=1S/C15H22N4O2/c1-3-18-15(20)12-5-6-13(17)14(11-12)19(8-4-7-16)9-10-21-2/h5-6,11H,3-4,8-10,17H2,1-2H3,(H,18,20). The number of nitriles is 1. The smallest absolute Gasteiger partial charge is 0.251 e. The first-order valence-electron chi connectivity index (χ1n) is 6.92. The molecular weight excluding hydrogens is 268 g/mol. The molecule has 1 aromatic rings. The Morgan fingerprint density at radius 1 is 1.48 bits per heavy atom. The molecule has 0 aliphatic heterocycles. The van der Waals surface area contributed by atoms with Gasteiger partial charge in [0.25, 0.3) is 5.91 Å². The van der Waals surface area contributed by atoms with Crippen LogP contribution in [0.3, 0.4) is 0 Å². The first kappa shape index (κ1) is 16.8. The molecule has 0 spiro atoms. The van der Waals surface area contributed by atoms with Crippen molar-refractivity contribution in [2.75, 3.05) is 44.0 Å². The lowest BCUT2D eigenvalue weighted by Gasteiger charge is -2.25. The van der Waals surface area contributed by atoms with Crippen molar-refractivity contribution in [3.05, 3.63) is 23.8 Å². The first-order chi connectivity index (χ1) is 10.1. The number of benzene rings is 1. The zero-order chi connectivity index (χ0) is 15.7. The molecule has 114 valence electrons. The molecule has 0 aliphatic carbocycles. The first-order valence-corrected chi connectivity index (χ1v) is 6.92. The molecule has 0 saturated carbocycles. The molecule has 1 rings (SSSR count). The van der Waals surface area contributed by atoms with Gasteiger partial charge in [-0.3, -0.25) is 4.79 Å². The summed E-state index contributed by atoms with van der Waals surface area (Å²) in [6.45, 7) is 4.12. The summed E-state index contributed by atoms with van der Waals surface area (Å²) in [6.07, 6.45) is 0.383. The van der Waals surface area contributed by atoms with E-state index in [2.05, 4.69) is 11.4 Å². The predicted molar refractivity (Wildman–Crippen MR) is 83.2 cm³/mol. The molecule has 0 unspecified atom stereocenters. The van der Waals surface area contributed by atoms with Gasteiger partial charge in [-0.15, -0.1) is 0 Å². The molecule has 6 heteroatoms. The van der Waals surface area contributed by atoms with E-state index in [1.54, 1.807) is 25.3 Å². The summed E-state index contributed by atoms with van der Waals surface area (Å²) in [7, 11) is 1.62. The Labute approximate surface area is 125 Å². The van der Waals surface area contributed by atoms with Crippen LogP contribution in [0.4, 0.5) is 11.4 Å². The molecule has 0 heterocycles. The average molecular weight is 290 g/mol. The van der Waals surface area contributed by atoms with Gasteiger partial charge in [0.05, 0.1) is 30.5 Å². The molecular formula is C15H22N4O2. The monoisotopic (exact) mass is 290 g/mol. The molecule has 1 amide bonds. The normalized spacial score (nSPS) is 9.95. The van der Waals surface area contributed by atoms with Crippen LogP contribution in [0, 0.1) is 11.3 Å². The Morgan fingerprint density at radius 3 is 2.86 bits per heavy atom. The number of hydrogen-bond donors (Lipinski definition) is 2. The van der Waals surface area contributed by atoms with E-state index in [1.807, 2.05) is 11.8 Å². The summed E-state index contributed by atoms with van der Waals surface area (Å²) in [5.41, 5.74) is 7.90. The van der Waals surface area contributed by atoms with Crippen molar-refractivity contribution in [3.63, 3.8) is 0 Å². The number of nitrogens with zero attached hydrogens (tertiary/aromatic N) is 2. The maximum atomic E-state index is 11.9. The number of nitrogens with two attached hydrogens (primary N) is 1. The Morgan fingerprint density at radius 2 is 2.24 bits per heavy atom. The highest BCUT2D eigenvalue weighted by Crippen LogP contribution is 2.25. The van der Waals surface area contributed by atoms with E-state index in [9.17, 15) is 4.79 Å². The van der Waals surface area contributed by atoms with E-state index in [4.69, 9.17) is 15.7 Å². The minimum atomic E-state index is -0.134. The maximum absolute atomic E-state index is 11.9. The summed E-state index contributed by atoms with van der Waals surface area (Å²) in [5, 5.41) is 11.5. The minimum absolute atomic E-state index is 0.134. The van der Waals surface area contributed by atoms with Crippen LogP contribution in [0.25, 0.3) is 0 Å². The molecule has 0 aliphatic rings. The van der Waals surface area contributed by atoms with Gasteiger partial charge >= 0.3 is 0 Å². The van der Waals surface area contributed by atoms with Gasteiger partial charge in [-0.1, -0.05) is 0 Å². The molecule has 3 N–H and O–H groups in total. The van der Waals surface area contributed by atoms with Gasteiger partial charge < -0.3 is 20.7 Å². The Bertz CT molecular complexity index is 511. The summed E-state index contributed by atoms with van der Waals surface area (Å²) < 4.78 is 5.09. The van der Waals surface area contributed by atoms with E-state index in [0.717, 1.165) is 5.69 Å². The zero-order valence-electron chi connectivity index (χ0n) is 12.6. The van der Waals surface area contributed by atoms with Crippen molar-refractivity contribution in [2.24, 2.45) is 0 Å². The van der Waals surface area contributed by atoms with Crippen LogP contribution in [-0.4, -0.2) is 39.3 Å². The van der Waals surface area contributed by atoms with Gasteiger partial charge in [0.1, 0.15) is 0 Å². The molecule has 0 atom stereocenters. The third kappa shape index (κ3) is 4.97. The molecule has 0 aromatic heterocycles. The highest BCUT2D eigenvalue weighted by molar-refractivity contribution is 5.96. The SMILES string of the molecule is CCNC(=O)c1ccc(N)c(N(CCC#N)CCOC)c1. The molecule has 0 fully saturated rings. The summed E-state index contributed by atoms with van der Waals surface area (Å²) in [4.78, 5) is 13.9. The largest absolute Gasteiger partial charge is 0.397 e. The molecule has 6 nitrogen and oxygen atoms in total. The number of anilines is 2. The predicted octanol–water partition coefficient (Wildman–Crippen LogP) is 1.38. The minimum Gasteiger partial charge on any atom is -0.397 e. The number of nitrogen functional groups attached to an aromatic ring is 1. The van der Waals surface area contributed by atoms with Crippen molar-refractivity contribution in [2.45, 2.75) is 13.3 Å². The lowest BCUT2D eigenvalue weighted by Crippen LogP contribution is -2.29. The molecule has 0 radical (unpaired) electrons. The van der Waals surface area contributed by atoms with Crippen LogP contribution in [0.5, 0.6) is 0 Å². The fourth-order valence-corrected chi connectivity index (χ4v) is 1.96. The lowest BCUT2D eigenvalue weighted by molar-refractivity contribution is 0.0956. The van der Waals surface area contributed by atoms with Crippen LogP contribution in [0.2, 0.25) is 0 Å². The second kappa shape index (κ2) is 8.82. The molecule has 0 saturated heterocycles. The van der Waals surface area contributed by atoms with Crippen LogP contribution in [0.1, 0.15) is 23.7 Å². The number of ether oxygens (including phenoxy) is 1. The molecule has 1 aromatic carbocycles. The highest BCUT2D eigenvalue weighted by atomic mass is 16.5. The van der Waals surface area contributed by atoms with Crippen molar-refractivity contribution >= 4 is 17.3 Å². The topological polar surface area (TPSA) is 91.4 Å². The van der Waals surface area contributed by atoms with E-state index >= 15 is 0 Å². The summed E-state index contributed by atoms with van der Waals surface area (Å²) in [5.74, 6) is -0.134. The number of amides is 1. The van der Waals surface area contributed by atoms with Gasteiger partial charge in [-0.2, -0.15) is 5.26 Å². The van der Waals surface area contributed by atoms with E-state index < -0.39 is 0 Å². The third-order valence-electron chi connectivity index (χ3n) is 3.03. The Hall–Kier alpha value is -2.26. The zero-order valence-corrected chi connectivity index (χ0v) is 12.6. The van der Waals surface area contributed by atoms with Gasteiger partial charge in [0.2, 0.25) is 0 Å². The van der Waals surface area contributed by atoms with Crippen molar-refractivity contribution in [1.82, 2.24) is 5.32 Å². The van der Waals surface area contributed by atoms with Gasteiger partial charge in [-0.05, 0) is 25.1 Å². The average Bonchev–Trinajstić information content (AvgIpc) is 2.48. The summed E-state index contributed by atoms with van der Waals surface area (Å²) in [6, 6.07) is 7.29. The van der Waals surface area contributed by atoms with E-state index in [1.165, 1.54) is 0 Å². The van der Waals surface area contributed by atoms with Crippen LogP contribution in [-0.2, 0) is 4.74 Å². The van der Waals surface area contributed by atoms with Crippen LogP contribution in [0.15, 0.2) is 18.2 Å². The fraction of sp³-hybridized carbons (Fsp3) is 0.467. The number of carbonyl (C=O) groups is 1. The van der Waals surface area contributed by atoms with Crippen LogP contribution >= 0.6 is 0 Å². The van der Waals surface area contributed by atoms with Crippen LogP contribution < -0.4 is 16.0 Å². The lowest BCUT2D eigenvalue weighted by atomic mass is 10.1. The number of methoxy groups -OCH3 is 1. The molecule has 0 bridgehead atoms. The number of carbonyl (C=O) groups excluding carboxylic acids is 1. The number of nitrogens with one attached hydrogen (secondary N) is 1. The number of rotatable bonds is 8. The van der Waals surface area contributed by atoms with Crippen molar-refractivity contribution in [1.29, 1.82) is 5.26 Å². The van der Waals surface area contributed by atoms with Crippen molar-refractivity contribution in [3.8, 4) is 6.07 Å². The van der Waals surface area contributed by atoms with Gasteiger partial charge in [-0.25, -0.2) is 0 Å². The number of hydrogen-bond acceptors (Lipinski definition) is 5. The quantitative estimate of drug-likeness (QED) is 0.706. The second-order valence-corrected chi connectivity index (χ2v) is 4.52. The highest BCUT2D eigenvalue weighted by Gasteiger charge is 2.13. The second-order valence-electron chi connectivity index (χ2n) is 4.52. The Balaban J connectivity index is 3.02. The Kier molecular flexibility index (Phi) is 7.05. The van der Waals surface area contributed by atoms with Gasteiger partial charge in [0, 0.05) is 32.3 Å². The summed E-state index contributed by atoms with van der Waals surface area (Å²) >= 11 is 0. The maximum Gasteiger partial charge on any atom is 0.251 e. The van der Waals surface area contributed by atoms with E-state index in [-0.39, 0.29) is 5.91 Å². The van der Waals surface area contributed by atoms with E-state index in [0.29, 0.717) is 43.9 Å². The third-order valence-corrected chi connectivity index (χ3v) is 3.03. The fourth-order valence-electron chi connectivity index (χ4n) is 1.96. The van der Waals surface area contributed by atoms with Crippen molar-refractivity contribution < 1.29 is 9.53 Å². The van der Waals surface area contributed by atoms with Gasteiger partial charge in [0.15, 0.2) is 0 Å².